The molecule has 1 atom stereocenters. The van der Waals surface area contributed by atoms with E-state index < -0.39 is 28.8 Å². The number of nitro groups is 1. The number of aldehydes is 1. The van der Waals surface area contributed by atoms with E-state index in [2.05, 4.69) is 16.0 Å². The van der Waals surface area contributed by atoms with Crippen molar-refractivity contribution in [2.24, 2.45) is 11.7 Å². The molecule has 0 aliphatic carbocycles. The van der Waals surface area contributed by atoms with Crippen LogP contribution in [0.2, 0.25) is 0 Å². The number of benzene rings is 2. The Labute approximate surface area is 262 Å². The number of ether oxygens (including phenoxy) is 3. The molecule has 0 spiro atoms. The van der Waals surface area contributed by atoms with Crippen molar-refractivity contribution in [1.82, 2.24) is 10.6 Å². The van der Waals surface area contributed by atoms with Crippen molar-refractivity contribution in [2.45, 2.75) is 65.7 Å². The van der Waals surface area contributed by atoms with Gasteiger partial charge in [-0.05, 0) is 75.9 Å². The second kappa shape index (κ2) is 22.5. The van der Waals surface area contributed by atoms with E-state index in [0.717, 1.165) is 19.4 Å². The van der Waals surface area contributed by atoms with Gasteiger partial charge in [0.1, 0.15) is 24.2 Å². The van der Waals surface area contributed by atoms with Crippen LogP contribution in [-0.2, 0) is 30.5 Å². The summed E-state index contributed by atoms with van der Waals surface area (Å²) in [5.74, 6) is 0.214. The Hall–Kier alpha value is -5.05. The summed E-state index contributed by atoms with van der Waals surface area (Å²) in [5, 5.41) is 18.0. The van der Waals surface area contributed by atoms with Gasteiger partial charge in [0.2, 0.25) is 12.8 Å². The molecule has 3 amide bonds. The molecule has 2 rings (SSSR count). The largest absolute Gasteiger partial charge is 0.514 e. The third-order valence-corrected chi connectivity index (χ3v) is 5.19. The van der Waals surface area contributed by atoms with Gasteiger partial charge >= 0.3 is 12.2 Å². The lowest BCUT2D eigenvalue weighted by Crippen LogP contribution is -2.42. The molecule has 1 unspecified atom stereocenters. The Morgan fingerprint density at radius 1 is 0.978 bits per heavy atom. The highest BCUT2D eigenvalue weighted by Gasteiger charge is 2.20. The number of nitro benzene ring substituents is 1. The Morgan fingerprint density at radius 2 is 1.60 bits per heavy atom. The number of unbranched alkanes of at least 4 members (excludes halogenated alkanes) is 1. The molecule has 0 radical (unpaired) electrons. The van der Waals surface area contributed by atoms with E-state index in [9.17, 15) is 34.1 Å². The monoisotopic (exact) mass is 633 g/mol. The van der Waals surface area contributed by atoms with Gasteiger partial charge in [-0.3, -0.25) is 19.7 Å². The number of hydrogen-bond acceptors (Lipinski definition) is 11. The van der Waals surface area contributed by atoms with Gasteiger partial charge in [-0.1, -0.05) is 26.0 Å². The number of amides is 3. The van der Waals surface area contributed by atoms with Gasteiger partial charge in [0.05, 0.1) is 11.0 Å². The Bertz CT molecular complexity index is 1180. The van der Waals surface area contributed by atoms with Gasteiger partial charge < -0.3 is 40.7 Å². The second-order valence-electron chi connectivity index (χ2n) is 10.5. The lowest BCUT2D eigenvalue weighted by Gasteiger charge is -2.22. The topological polar surface area (TPSA) is 218 Å². The van der Waals surface area contributed by atoms with E-state index >= 15 is 0 Å². The van der Waals surface area contributed by atoms with Crippen LogP contribution in [0.3, 0.4) is 0 Å². The predicted octanol–water partition coefficient (Wildman–Crippen LogP) is 4.08. The Kier molecular flexibility index (Phi) is 20.0. The zero-order valence-electron chi connectivity index (χ0n) is 26.1. The van der Waals surface area contributed by atoms with Crippen LogP contribution in [0, 0.1) is 16.0 Å². The van der Waals surface area contributed by atoms with Gasteiger partial charge in [0, 0.05) is 24.4 Å². The molecule has 5 N–H and O–H groups in total. The van der Waals surface area contributed by atoms with Gasteiger partial charge in [-0.2, -0.15) is 0 Å². The fraction of sp³-hybridized carbons (Fsp3) is 0.433. The number of nitrogens with two attached hydrogens (primary N) is 1. The number of anilines is 1. The van der Waals surface area contributed by atoms with Crippen LogP contribution in [0.15, 0.2) is 48.5 Å². The van der Waals surface area contributed by atoms with Gasteiger partial charge in [0.15, 0.2) is 0 Å². The molecule has 0 saturated heterocycles. The molecule has 15 heteroatoms. The van der Waals surface area contributed by atoms with E-state index in [1.54, 1.807) is 45.0 Å². The van der Waals surface area contributed by atoms with Crippen molar-refractivity contribution >= 4 is 42.7 Å². The molecule has 0 saturated carbocycles. The van der Waals surface area contributed by atoms with Crippen molar-refractivity contribution in [3.8, 4) is 5.75 Å². The van der Waals surface area contributed by atoms with Crippen LogP contribution >= 0.6 is 0 Å². The lowest BCUT2D eigenvalue weighted by molar-refractivity contribution is -0.384. The smallest absolute Gasteiger partial charge is 0.444 e. The summed E-state index contributed by atoms with van der Waals surface area (Å²) < 4.78 is 14.8. The molecule has 0 aliphatic rings. The molecule has 0 aliphatic heterocycles. The van der Waals surface area contributed by atoms with Gasteiger partial charge in [0.25, 0.3) is 5.69 Å². The number of carbonyl (C=O) groups is 5. The molecular weight excluding hydrogens is 590 g/mol. The number of hydrogen-bond donors (Lipinski definition) is 4. The van der Waals surface area contributed by atoms with Crippen LogP contribution in [0.25, 0.3) is 0 Å². The first-order chi connectivity index (χ1) is 21.3. The zero-order valence-corrected chi connectivity index (χ0v) is 26.1. The predicted molar refractivity (Wildman–Crippen MR) is 166 cm³/mol. The van der Waals surface area contributed by atoms with E-state index in [1.165, 1.54) is 24.3 Å². The third kappa shape index (κ3) is 20.5. The number of rotatable bonds is 14. The summed E-state index contributed by atoms with van der Waals surface area (Å²) in [5.41, 5.74) is 5.89. The minimum atomic E-state index is -0.922. The SMILES string of the molecule is CC(C)C(C=O)NC(=O)OC(C)(C)C.NCCCCNC=O.O=CNc1ccc(COC(=O)Oc2ccc([N+](=O)[O-])cc2)cc1. The first kappa shape index (κ1) is 40.0. The van der Waals surface area contributed by atoms with E-state index in [0.29, 0.717) is 36.9 Å². The third-order valence-electron chi connectivity index (χ3n) is 5.19. The molecule has 15 nitrogen and oxygen atoms in total. The standard InChI is InChI=1S/C15H12N2O6.C10H19NO3.C5H12N2O/c18-10-16-12-3-1-11(2-4-12)9-22-15(19)23-14-7-5-13(6-8-14)17(20)21;1-7(2)8(6-12)11-9(13)14-10(3,4)5;6-3-1-2-4-7-5-8/h1-8,10H,9H2,(H,16,18);6-8H,1-5H3,(H,11,13);5H,1-4,6H2,(H,7,8). The Morgan fingerprint density at radius 3 is 2.07 bits per heavy atom. The van der Waals surface area contributed by atoms with Crippen molar-refractivity contribution in [2.75, 3.05) is 18.4 Å². The van der Waals surface area contributed by atoms with Gasteiger partial charge in [-0.25, -0.2) is 9.59 Å². The molecule has 248 valence electrons. The first-order valence-electron chi connectivity index (χ1n) is 14.0. The fourth-order valence-electron chi connectivity index (χ4n) is 2.90. The summed E-state index contributed by atoms with van der Waals surface area (Å²) >= 11 is 0. The highest BCUT2D eigenvalue weighted by molar-refractivity contribution is 5.73. The molecule has 0 heterocycles. The average Bonchev–Trinajstić information content (AvgIpc) is 2.98. The molecule has 0 fully saturated rings. The number of carbonyl (C=O) groups excluding carboxylic acids is 5. The summed E-state index contributed by atoms with van der Waals surface area (Å²) in [6.07, 6.45) is 2.48. The Balaban J connectivity index is 0.000000748. The van der Waals surface area contributed by atoms with Crippen LogP contribution < -0.4 is 26.4 Å². The number of non-ortho nitro benzene ring substituents is 1. The van der Waals surface area contributed by atoms with E-state index in [1.807, 2.05) is 13.8 Å². The summed E-state index contributed by atoms with van der Waals surface area (Å²) in [4.78, 5) is 63.2. The number of alkyl carbamates (subject to hydrolysis) is 1. The van der Waals surface area contributed by atoms with Crippen molar-refractivity contribution in [1.29, 1.82) is 0 Å². The van der Waals surface area contributed by atoms with Crippen LogP contribution in [-0.4, -0.2) is 61.0 Å². The van der Waals surface area contributed by atoms with Crippen LogP contribution in [0.5, 0.6) is 5.75 Å². The normalized spacial score (nSPS) is 10.7. The van der Waals surface area contributed by atoms with E-state index in [-0.39, 0.29) is 24.0 Å². The minimum Gasteiger partial charge on any atom is -0.444 e. The molecule has 0 aromatic heterocycles. The molecule has 2 aromatic carbocycles. The fourth-order valence-corrected chi connectivity index (χ4v) is 2.90. The molecule has 45 heavy (non-hydrogen) atoms. The summed E-state index contributed by atoms with van der Waals surface area (Å²) in [6.45, 7) is 10.5. The maximum Gasteiger partial charge on any atom is 0.514 e. The van der Waals surface area contributed by atoms with Crippen molar-refractivity contribution in [3.05, 3.63) is 64.2 Å². The summed E-state index contributed by atoms with van der Waals surface area (Å²) in [6, 6.07) is 11.3. The molecular formula is C30H43N5O10. The highest BCUT2D eigenvalue weighted by Crippen LogP contribution is 2.18. The van der Waals surface area contributed by atoms with Gasteiger partial charge in [-0.15, -0.1) is 0 Å². The number of nitrogens with one attached hydrogen (secondary N) is 3. The average molecular weight is 634 g/mol. The highest BCUT2D eigenvalue weighted by atomic mass is 16.7. The summed E-state index contributed by atoms with van der Waals surface area (Å²) in [7, 11) is 0. The maximum atomic E-state index is 11.5. The minimum absolute atomic E-state index is 0.00676. The zero-order chi connectivity index (χ0) is 34.3. The van der Waals surface area contributed by atoms with Crippen molar-refractivity contribution < 1.29 is 43.1 Å². The maximum absolute atomic E-state index is 11.5. The van der Waals surface area contributed by atoms with Crippen LogP contribution in [0.1, 0.15) is 53.0 Å². The molecule has 2 aromatic rings. The van der Waals surface area contributed by atoms with Crippen molar-refractivity contribution in [3.63, 3.8) is 0 Å². The quantitative estimate of drug-likeness (QED) is 0.0580. The van der Waals surface area contributed by atoms with Crippen LogP contribution in [0.4, 0.5) is 21.0 Å². The lowest BCUT2D eigenvalue weighted by atomic mass is 10.1. The van der Waals surface area contributed by atoms with E-state index in [4.69, 9.17) is 19.9 Å². The number of nitrogens with zero attached hydrogens (tertiary/aromatic N) is 1. The first-order valence-corrected chi connectivity index (χ1v) is 14.0. The second-order valence-corrected chi connectivity index (χ2v) is 10.5. The molecule has 0 bridgehead atoms.